The summed E-state index contributed by atoms with van der Waals surface area (Å²) in [6.45, 7) is 11.0. The molecule has 0 radical (unpaired) electrons. The van der Waals surface area contributed by atoms with E-state index >= 15 is 0 Å². The van der Waals surface area contributed by atoms with E-state index in [4.69, 9.17) is 4.74 Å². The van der Waals surface area contributed by atoms with Crippen molar-refractivity contribution >= 4 is 11.8 Å². The monoisotopic (exact) mass is 251 g/mol. The molecule has 18 heavy (non-hydrogen) atoms. The maximum atomic E-state index is 12.0. The van der Waals surface area contributed by atoms with Crippen molar-refractivity contribution in [2.24, 2.45) is 0 Å². The van der Waals surface area contributed by atoms with Crippen molar-refractivity contribution in [1.82, 2.24) is 4.57 Å². The van der Waals surface area contributed by atoms with E-state index in [1.807, 2.05) is 19.9 Å². The molecule has 1 rings (SSSR count). The Labute approximate surface area is 108 Å². The maximum absolute atomic E-state index is 12.0. The molecule has 4 nitrogen and oxygen atoms in total. The zero-order valence-electron chi connectivity index (χ0n) is 11.9. The van der Waals surface area contributed by atoms with Gasteiger partial charge in [-0.2, -0.15) is 0 Å². The topological polar surface area (TPSA) is 48.3 Å². The van der Waals surface area contributed by atoms with Gasteiger partial charge >= 0.3 is 5.97 Å². The Morgan fingerprint density at radius 1 is 1.22 bits per heavy atom. The molecule has 0 aliphatic carbocycles. The van der Waals surface area contributed by atoms with Crippen LogP contribution in [-0.4, -0.2) is 22.4 Å². The molecule has 0 saturated carbocycles. The van der Waals surface area contributed by atoms with Gasteiger partial charge in [-0.25, -0.2) is 4.79 Å². The second-order valence-corrected chi connectivity index (χ2v) is 4.91. The number of hydrogen-bond donors (Lipinski definition) is 0. The standard InChI is InChI=1S/C14H21NO3/c1-8(2)15-9(3)7-13(10(15)4)14(17)18-12(6)11(5)16/h7-8,12H,1-6H3. The van der Waals surface area contributed by atoms with E-state index in [0.29, 0.717) is 5.56 Å². The number of aryl methyl sites for hydroxylation is 1. The van der Waals surface area contributed by atoms with Gasteiger partial charge in [-0.05, 0) is 47.6 Å². The summed E-state index contributed by atoms with van der Waals surface area (Å²) in [5.74, 6) is -0.585. The molecule has 4 heteroatoms. The van der Waals surface area contributed by atoms with Crippen LogP contribution in [0.3, 0.4) is 0 Å². The molecule has 0 saturated heterocycles. The zero-order valence-corrected chi connectivity index (χ0v) is 11.9. The first-order chi connectivity index (χ1) is 8.25. The smallest absolute Gasteiger partial charge is 0.340 e. The van der Waals surface area contributed by atoms with Crippen molar-refractivity contribution in [2.45, 2.75) is 53.7 Å². The lowest BCUT2D eigenvalue weighted by molar-refractivity contribution is -0.124. The Bertz CT molecular complexity index is 472. The van der Waals surface area contributed by atoms with E-state index in [-0.39, 0.29) is 11.8 Å². The van der Waals surface area contributed by atoms with E-state index in [9.17, 15) is 9.59 Å². The SMILES string of the molecule is CC(=O)C(C)OC(=O)c1cc(C)n(C(C)C)c1C. The average molecular weight is 251 g/mol. The van der Waals surface area contributed by atoms with Gasteiger partial charge < -0.3 is 9.30 Å². The molecule has 0 bridgehead atoms. The Morgan fingerprint density at radius 2 is 1.78 bits per heavy atom. The molecule has 1 atom stereocenters. The van der Waals surface area contributed by atoms with Gasteiger partial charge in [-0.1, -0.05) is 0 Å². The molecule has 0 spiro atoms. The number of aromatic nitrogens is 1. The Balaban J connectivity index is 3.01. The van der Waals surface area contributed by atoms with Crippen molar-refractivity contribution < 1.29 is 14.3 Å². The van der Waals surface area contributed by atoms with Gasteiger partial charge in [0, 0.05) is 17.4 Å². The highest BCUT2D eigenvalue weighted by Gasteiger charge is 2.21. The largest absolute Gasteiger partial charge is 0.451 e. The third-order valence-electron chi connectivity index (χ3n) is 3.08. The molecule has 1 heterocycles. The summed E-state index contributed by atoms with van der Waals surface area (Å²) in [7, 11) is 0. The molecular formula is C14H21NO3. The summed E-state index contributed by atoms with van der Waals surface area (Å²) < 4.78 is 7.20. The zero-order chi connectivity index (χ0) is 14.0. The van der Waals surface area contributed by atoms with Crippen LogP contribution in [0.5, 0.6) is 0 Å². The maximum Gasteiger partial charge on any atom is 0.340 e. The summed E-state index contributed by atoms with van der Waals surface area (Å²) in [5.41, 5.74) is 2.43. The Hall–Kier alpha value is -1.58. The lowest BCUT2D eigenvalue weighted by atomic mass is 10.2. The number of nitrogens with zero attached hydrogens (tertiary/aromatic N) is 1. The van der Waals surface area contributed by atoms with Gasteiger partial charge in [0.05, 0.1) is 5.56 Å². The summed E-state index contributed by atoms with van der Waals surface area (Å²) in [6.07, 6.45) is -0.695. The number of carbonyl (C=O) groups excluding carboxylic acids is 2. The lowest BCUT2D eigenvalue weighted by Gasteiger charge is -2.14. The summed E-state index contributed by atoms with van der Waals surface area (Å²) in [5, 5.41) is 0. The number of hydrogen-bond acceptors (Lipinski definition) is 3. The van der Waals surface area contributed by atoms with E-state index in [1.54, 1.807) is 6.92 Å². The van der Waals surface area contributed by atoms with E-state index in [0.717, 1.165) is 11.4 Å². The van der Waals surface area contributed by atoms with Crippen LogP contribution in [-0.2, 0) is 9.53 Å². The predicted octanol–water partition coefficient (Wildman–Crippen LogP) is 2.82. The van der Waals surface area contributed by atoms with Crippen molar-refractivity contribution in [3.05, 3.63) is 23.0 Å². The average Bonchev–Trinajstić information content (AvgIpc) is 2.53. The van der Waals surface area contributed by atoms with Gasteiger partial charge in [-0.3, -0.25) is 4.79 Å². The van der Waals surface area contributed by atoms with Gasteiger partial charge in [0.15, 0.2) is 11.9 Å². The van der Waals surface area contributed by atoms with Crippen molar-refractivity contribution in [1.29, 1.82) is 0 Å². The lowest BCUT2D eigenvalue weighted by Crippen LogP contribution is -2.22. The molecule has 0 fully saturated rings. The first-order valence-corrected chi connectivity index (χ1v) is 6.15. The molecule has 0 N–H and O–H groups in total. The molecule has 0 amide bonds. The van der Waals surface area contributed by atoms with Crippen LogP contribution in [0.4, 0.5) is 0 Å². The van der Waals surface area contributed by atoms with Gasteiger partial charge in [0.2, 0.25) is 0 Å². The van der Waals surface area contributed by atoms with Crippen LogP contribution < -0.4 is 0 Å². The Morgan fingerprint density at radius 3 is 2.17 bits per heavy atom. The van der Waals surface area contributed by atoms with Gasteiger partial charge in [0.1, 0.15) is 0 Å². The fourth-order valence-electron chi connectivity index (χ4n) is 2.09. The molecule has 0 aliphatic rings. The minimum absolute atomic E-state index is 0.152. The molecule has 1 unspecified atom stereocenters. The quantitative estimate of drug-likeness (QED) is 0.773. The predicted molar refractivity (Wildman–Crippen MR) is 69.8 cm³/mol. The molecule has 1 aromatic heterocycles. The van der Waals surface area contributed by atoms with E-state index < -0.39 is 12.1 Å². The normalized spacial score (nSPS) is 12.6. The minimum Gasteiger partial charge on any atom is -0.451 e. The number of rotatable bonds is 4. The third-order valence-corrected chi connectivity index (χ3v) is 3.08. The molecule has 0 aliphatic heterocycles. The number of Topliss-reactive ketones (excluding diaryl/α,β-unsaturated/α-hetero) is 1. The highest BCUT2D eigenvalue weighted by Crippen LogP contribution is 2.21. The van der Waals surface area contributed by atoms with Crippen molar-refractivity contribution in [2.75, 3.05) is 0 Å². The van der Waals surface area contributed by atoms with E-state index in [2.05, 4.69) is 18.4 Å². The number of carbonyl (C=O) groups is 2. The first kappa shape index (κ1) is 14.5. The highest BCUT2D eigenvalue weighted by atomic mass is 16.5. The molecule has 1 aromatic rings. The van der Waals surface area contributed by atoms with Gasteiger partial charge in [-0.15, -0.1) is 0 Å². The van der Waals surface area contributed by atoms with Crippen LogP contribution in [0.15, 0.2) is 6.07 Å². The third kappa shape index (κ3) is 2.81. The summed E-state index contributed by atoms with van der Waals surface area (Å²) >= 11 is 0. The van der Waals surface area contributed by atoms with Crippen molar-refractivity contribution in [3.63, 3.8) is 0 Å². The second-order valence-electron chi connectivity index (χ2n) is 4.91. The van der Waals surface area contributed by atoms with Crippen LogP contribution in [0.1, 0.15) is 55.5 Å². The van der Waals surface area contributed by atoms with Crippen molar-refractivity contribution in [3.8, 4) is 0 Å². The fourth-order valence-corrected chi connectivity index (χ4v) is 2.09. The summed E-state index contributed by atoms with van der Waals surface area (Å²) in [4.78, 5) is 23.1. The van der Waals surface area contributed by atoms with Gasteiger partial charge in [0.25, 0.3) is 0 Å². The molecule has 0 aromatic carbocycles. The molecule has 100 valence electrons. The molecular weight excluding hydrogens is 230 g/mol. The number of esters is 1. The van der Waals surface area contributed by atoms with Crippen LogP contribution in [0, 0.1) is 13.8 Å². The number of ether oxygens (including phenoxy) is 1. The minimum atomic E-state index is -0.695. The Kier molecular flexibility index (Phi) is 4.33. The van der Waals surface area contributed by atoms with Crippen LogP contribution >= 0.6 is 0 Å². The summed E-state index contributed by atoms with van der Waals surface area (Å²) in [6, 6.07) is 2.10. The second kappa shape index (κ2) is 5.38. The fraction of sp³-hybridized carbons (Fsp3) is 0.571. The number of ketones is 1. The highest BCUT2D eigenvalue weighted by molar-refractivity contribution is 5.93. The first-order valence-electron chi connectivity index (χ1n) is 6.15. The van der Waals surface area contributed by atoms with Crippen LogP contribution in [0.2, 0.25) is 0 Å². The van der Waals surface area contributed by atoms with E-state index in [1.165, 1.54) is 6.92 Å². The van der Waals surface area contributed by atoms with Crippen LogP contribution in [0.25, 0.3) is 0 Å².